The van der Waals surface area contributed by atoms with Crippen LogP contribution in [-0.4, -0.2) is 24.3 Å². The lowest BCUT2D eigenvalue weighted by Crippen LogP contribution is -2.39. The highest BCUT2D eigenvalue weighted by Crippen LogP contribution is 2.31. The van der Waals surface area contributed by atoms with Crippen molar-refractivity contribution in [2.24, 2.45) is 4.99 Å². The topological polar surface area (TPSA) is 83.0 Å². The molecule has 0 bridgehead atoms. The fourth-order valence-corrected chi connectivity index (χ4v) is 5.61. The van der Waals surface area contributed by atoms with E-state index in [4.69, 9.17) is 13.9 Å². The summed E-state index contributed by atoms with van der Waals surface area (Å²) in [6.07, 6.45) is 1.72. The van der Waals surface area contributed by atoms with Crippen LogP contribution in [0.15, 0.2) is 86.1 Å². The molecule has 0 saturated carbocycles. The highest BCUT2D eigenvalue weighted by Gasteiger charge is 2.33. The molecule has 1 aliphatic heterocycles. The zero-order valence-electron chi connectivity index (χ0n) is 20.4. The molecule has 0 radical (unpaired) electrons. The summed E-state index contributed by atoms with van der Waals surface area (Å²) in [5, 5.41) is 0. The Morgan fingerprint density at radius 1 is 1.14 bits per heavy atom. The van der Waals surface area contributed by atoms with Crippen LogP contribution in [0.3, 0.4) is 0 Å². The van der Waals surface area contributed by atoms with E-state index in [9.17, 15) is 9.59 Å². The van der Waals surface area contributed by atoms with Gasteiger partial charge in [-0.3, -0.25) is 9.36 Å². The zero-order chi connectivity index (χ0) is 26.1. The molecule has 2 aromatic carbocycles. The van der Waals surface area contributed by atoms with E-state index < -0.39 is 12.0 Å². The van der Waals surface area contributed by atoms with Crippen LogP contribution >= 0.6 is 33.9 Å². The third-order valence-corrected chi connectivity index (χ3v) is 7.68. The maximum Gasteiger partial charge on any atom is 0.338 e. The second-order valence-electron chi connectivity index (χ2n) is 8.28. The second kappa shape index (κ2) is 10.5. The van der Waals surface area contributed by atoms with Crippen molar-refractivity contribution in [3.05, 3.63) is 107 Å². The minimum absolute atomic E-state index is 0.219. The summed E-state index contributed by atoms with van der Waals surface area (Å²) in [6.45, 7) is 3.73. The molecular formula is C28H23IN2O5S. The Labute approximate surface area is 230 Å². The minimum Gasteiger partial charge on any atom is -0.497 e. The molecule has 0 fully saturated rings. The molecule has 0 N–H and O–H groups in total. The molecule has 0 spiro atoms. The number of benzene rings is 2. The van der Waals surface area contributed by atoms with Gasteiger partial charge in [-0.15, -0.1) is 0 Å². The molecule has 1 atom stereocenters. The van der Waals surface area contributed by atoms with Crippen molar-refractivity contribution in [3.8, 4) is 17.1 Å². The number of rotatable bonds is 6. The first-order valence-corrected chi connectivity index (χ1v) is 13.5. The van der Waals surface area contributed by atoms with Gasteiger partial charge < -0.3 is 13.9 Å². The molecule has 7 nitrogen and oxygen atoms in total. The van der Waals surface area contributed by atoms with Gasteiger partial charge in [0, 0.05) is 15.2 Å². The average molecular weight is 626 g/mol. The fourth-order valence-electron chi connectivity index (χ4n) is 4.22. The molecule has 37 heavy (non-hydrogen) atoms. The van der Waals surface area contributed by atoms with Crippen molar-refractivity contribution in [2.75, 3.05) is 13.7 Å². The highest BCUT2D eigenvalue weighted by molar-refractivity contribution is 14.1. The van der Waals surface area contributed by atoms with Crippen LogP contribution in [0.25, 0.3) is 17.4 Å². The summed E-state index contributed by atoms with van der Waals surface area (Å²) in [4.78, 5) is 31.8. The quantitative estimate of drug-likeness (QED) is 0.230. The number of carbonyl (C=O) groups excluding carboxylic acids is 1. The largest absolute Gasteiger partial charge is 0.497 e. The number of fused-ring (bicyclic) bond motifs is 1. The summed E-state index contributed by atoms with van der Waals surface area (Å²) in [7, 11) is 1.59. The Kier molecular flexibility index (Phi) is 7.16. The number of thiazole rings is 1. The number of nitrogens with zero attached hydrogens (tertiary/aromatic N) is 2. The maximum absolute atomic E-state index is 13.7. The third-order valence-electron chi connectivity index (χ3n) is 5.98. The number of esters is 1. The van der Waals surface area contributed by atoms with E-state index >= 15 is 0 Å². The van der Waals surface area contributed by atoms with Crippen LogP contribution in [0.4, 0.5) is 0 Å². The lowest BCUT2D eigenvalue weighted by atomic mass is 9.96. The van der Waals surface area contributed by atoms with Crippen molar-refractivity contribution in [2.45, 2.75) is 19.9 Å². The first kappa shape index (κ1) is 25.2. The Hall–Kier alpha value is -3.44. The van der Waals surface area contributed by atoms with Gasteiger partial charge >= 0.3 is 5.97 Å². The highest BCUT2D eigenvalue weighted by atomic mass is 127. The molecule has 0 amide bonds. The summed E-state index contributed by atoms with van der Waals surface area (Å²) in [5.41, 5.74) is 2.31. The minimum atomic E-state index is -0.678. The van der Waals surface area contributed by atoms with E-state index in [2.05, 4.69) is 27.6 Å². The molecule has 0 saturated heterocycles. The lowest BCUT2D eigenvalue weighted by molar-refractivity contribution is -0.139. The number of methoxy groups -OCH3 is 1. The number of ether oxygens (including phenoxy) is 2. The van der Waals surface area contributed by atoms with E-state index in [1.165, 1.54) is 11.3 Å². The number of hydrogen-bond acceptors (Lipinski definition) is 7. The van der Waals surface area contributed by atoms with Crippen LogP contribution in [-0.2, 0) is 9.53 Å². The van der Waals surface area contributed by atoms with Gasteiger partial charge in [-0.1, -0.05) is 35.6 Å². The Morgan fingerprint density at radius 3 is 2.54 bits per heavy atom. The number of hydrogen-bond donors (Lipinski definition) is 0. The molecule has 0 aliphatic carbocycles. The molecule has 4 aromatic rings. The van der Waals surface area contributed by atoms with Crippen molar-refractivity contribution in [3.63, 3.8) is 0 Å². The number of carbonyl (C=O) groups is 1. The van der Waals surface area contributed by atoms with Crippen LogP contribution in [0.2, 0.25) is 0 Å². The van der Waals surface area contributed by atoms with E-state index in [1.54, 1.807) is 43.7 Å². The molecule has 9 heteroatoms. The second-order valence-corrected chi connectivity index (χ2v) is 10.5. The van der Waals surface area contributed by atoms with Gasteiger partial charge in [0.2, 0.25) is 0 Å². The molecule has 1 aliphatic rings. The number of furan rings is 1. The first-order valence-electron chi connectivity index (χ1n) is 11.6. The van der Waals surface area contributed by atoms with Gasteiger partial charge in [0.25, 0.3) is 5.56 Å². The van der Waals surface area contributed by atoms with Crippen LogP contribution in [0.1, 0.15) is 31.2 Å². The van der Waals surface area contributed by atoms with E-state index in [0.717, 1.165) is 14.7 Å². The van der Waals surface area contributed by atoms with E-state index in [-0.39, 0.29) is 12.2 Å². The molecule has 5 rings (SSSR count). The summed E-state index contributed by atoms with van der Waals surface area (Å²) in [6, 6.07) is 18.4. The molecular weight excluding hydrogens is 603 g/mol. The van der Waals surface area contributed by atoms with Gasteiger partial charge in [0.05, 0.1) is 35.6 Å². The summed E-state index contributed by atoms with van der Waals surface area (Å²) < 4.78 is 19.8. The lowest BCUT2D eigenvalue weighted by Gasteiger charge is -2.24. The van der Waals surface area contributed by atoms with Gasteiger partial charge in [-0.2, -0.15) is 0 Å². The van der Waals surface area contributed by atoms with Crippen molar-refractivity contribution >= 4 is 46.0 Å². The van der Waals surface area contributed by atoms with Gasteiger partial charge in [-0.05, 0) is 78.4 Å². The van der Waals surface area contributed by atoms with Crippen LogP contribution in [0.5, 0.6) is 5.75 Å². The van der Waals surface area contributed by atoms with E-state index in [0.29, 0.717) is 37.9 Å². The molecule has 188 valence electrons. The van der Waals surface area contributed by atoms with Gasteiger partial charge in [-0.25, -0.2) is 9.79 Å². The van der Waals surface area contributed by atoms with Crippen LogP contribution in [0, 0.1) is 3.57 Å². The Bertz CT molecular complexity index is 1680. The average Bonchev–Trinajstić information content (AvgIpc) is 3.48. The fraction of sp³-hybridized carbons (Fsp3) is 0.179. The molecule has 3 heterocycles. The van der Waals surface area contributed by atoms with Gasteiger partial charge in [0.15, 0.2) is 4.80 Å². The number of halogens is 1. The number of aromatic nitrogens is 1. The van der Waals surface area contributed by atoms with E-state index in [1.807, 2.05) is 48.5 Å². The normalized spacial score (nSPS) is 15.4. The number of allylic oxidation sites excluding steroid dienone is 1. The standard InChI is InChI=1S/C28H23IN2O5S/c1-4-35-27(33)24-16(2)30-28-31(25(24)18-7-11-20(34-3)12-8-18)26(32)23(37-28)15-21-13-14-22(36-21)17-5-9-19(29)10-6-17/h5-15,25H,4H2,1-3H3/b23-15-. The van der Waals surface area contributed by atoms with Crippen molar-refractivity contribution in [1.82, 2.24) is 4.57 Å². The monoisotopic (exact) mass is 626 g/mol. The molecule has 2 aromatic heterocycles. The van der Waals surface area contributed by atoms with Crippen molar-refractivity contribution in [1.29, 1.82) is 0 Å². The Balaban J connectivity index is 1.62. The zero-order valence-corrected chi connectivity index (χ0v) is 23.3. The summed E-state index contributed by atoms with van der Waals surface area (Å²) >= 11 is 3.51. The maximum atomic E-state index is 13.7. The summed E-state index contributed by atoms with van der Waals surface area (Å²) in [5.74, 6) is 1.46. The predicted octanol–water partition coefficient (Wildman–Crippen LogP) is 4.67. The molecule has 1 unspecified atom stereocenters. The Morgan fingerprint density at radius 2 is 1.86 bits per heavy atom. The smallest absolute Gasteiger partial charge is 0.338 e. The SMILES string of the molecule is CCOC(=O)C1=C(C)N=c2s/c(=C\c3ccc(-c4ccc(I)cc4)o3)c(=O)n2C1c1ccc(OC)cc1. The van der Waals surface area contributed by atoms with Gasteiger partial charge in [0.1, 0.15) is 17.3 Å². The van der Waals surface area contributed by atoms with Crippen LogP contribution < -0.4 is 19.6 Å². The first-order chi connectivity index (χ1) is 17.9. The predicted molar refractivity (Wildman–Crippen MR) is 150 cm³/mol. The third kappa shape index (κ3) is 4.93. The van der Waals surface area contributed by atoms with Crippen molar-refractivity contribution < 1.29 is 18.7 Å².